The number of sulfonamides is 1. The number of rotatable bonds is 4. The highest BCUT2D eigenvalue weighted by Crippen LogP contribution is 2.24. The third-order valence-electron chi connectivity index (χ3n) is 3.53. The van der Waals surface area contributed by atoms with Crippen molar-refractivity contribution in [1.82, 2.24) is 4.72 Å². The summed E-state index contributed by atoms with van der Waals surface area (Å²) in [7, 11) is -3.39. The minimum absolute atomic E-state index is 0.234. The van der Waals surface area contributed by atoms with Crippen LogP contribution in [0.4, 0.5) is 0 Å². The molecule has 2 rings (SSSR count). The first-order valence-corrected chi connectivity index (χ1v) is 7.78. The van der Waals surface area contributed by atoms with Crippen molar-refractivity contribution in [1.29, 1.82) is 0 Å². The zero-order chi connectivity index (χ0) is 13.2. The molecule has 0 aliphatic heterocycles. The monoisotopic (exact) mass is 268 g/mol. The Morgan fingerprint density at radius 3 is 2.67 bits per heavy atom. The van der Waals surface area contributed by atoms with Crippen LogP contribution in [0.25, 0.3) is 0 Å². The van der Waals surface area contributed by atoms with Gasteiger partial charge in [0, 0.05) is 12.6 Å². The lowest BCUT2D eigenvalue weighted by Crippen LogP contribution is -2.29. The van der Waals surface area contributed by atoms with Gasteiger partial charge in [-0.25, -0.2) is 13.1 Å². The first kappa shape index (κ1) is 13.5. The standard InChI is InChI=1S/C13H20N2O2S/c1-10-4-2-3-5-13(10)18(16,17)15-9-11-6-7-12(14)8-11/h2-5,11-12,15H,6-9,14H2,1H3. The molecule has 2 unspecified atom stereocenters. The minimum Gasteiger partial charge on any atom is -0.328 e. The molecule has 1 saturated carbocycles. The maximum atomic E-state index is 12.1. The van der Waals surface area contributed by atoms with E-state index in [1.54, 1.807) is 25.1 Å². The average Bonchev–Trinajstić information content (AvgIpc) is 2.73. The van der Waals surface area contributed by atoms with Crippen molar-refractivity contribution in [3.8, 4) is 0 Å². The molecule has 4 nitrogen and oxygen atoms in total. The molecule has 2 atom stereocenters. The molecule has 3 N–H and O–H groups in total. The average molecular weight is 268 g/mol. The molecule has 0 spiro atoms. The Hall–Kier alpha value is -0.910. The number of hydrogen-bond donors (Lipinski definition) is 2. The lowest BCUT2D eigenvalue weighted by molar-refractivity contribution is 0.512. The van der Waals surface area contributed by atoms with E-state index >= 15 is 0 Å². The zero-order valence-corrected chi connectivity index (χ0v) is 11.4. The van der Waals surface area contributed by atoms with Gasteiger partial charge in [-0.2, -0.15) is 0 Å². The molecule has 100 valence electrons. The lowest BCUT2D eigenvalue weighted by atomic mass is 10.1. The van der Waals surface area contributed by atoms with E-state index in [1.165, 1.54) is 0 Å². The summed E-state index contributed by atoms with van der Waals surface area (Å²) in [5.74, 6) is 0.374. The van der Waals surface area contributed by atoms with Crippen LogP contribution in [0.5, 0.6) is 0 Å². The van der Waals surface area contributed by atoms with Gasteiger partial charge < -0.3 is 5.73 Å². The molecular weight excluding hydrogens is 248 g/mol. The molecule has 0 saturated heterocycles. The van der Waals surface area contributed by atoms with E-state index in [0.29, 0.717) is 17.4 Å². The predicted octanol–water partition coefficient (Wildman–Crippen LogP) is 1.40. The molecule has 0 amide bonds. The van der Waals surface area contributed by atoms with Crippen molar-refractivity contribution in [3.63, 3.8) is 0 Å². The van der Waals surface area contributed by atoms with Gasteiger partial charge in [0.25, 0.3) is 0 Å². The molecule has 1 aliphatic rings. The summed E-state index contributed by atoms with van der Waals surface area (Å²) >= 11 is 0. The van der Waals surface area contributed by atoms with Crippen LogP contribution in [0.2, 0.25) is 0 Å². The third-order valence-corrected chi connectivity index (χ3v) is 5.11. The van der Waals surface area contributed by atoms with Gasteiger partial charge >= 0.3 is 0 Å². The molecular formula is C13H20N2O2S. The Bertz CT molecular complexity index is 513. The van der Waals surface area contributed by atoms with Gasteiger partial charge in [0.2, 0.25) is 10.0 Å². The summed E-state index contributed by atoms with van der Waals surface area (Å²) in [6.45, 7) is 2.30. The second kappa shape index (κ2) is 5.38. The largest absolute Gasteiger partial charge is 0.328 e. The fourth-order valence-corrected chi connectivity index (χ4v) is 3.82. The lowest BCUT2D eigenvalue weighted by Gasteiger charge is -2.12. The van der Waals surface area contributed by atoms with Gasteiger partial charge in [0.1, 0.15) is 0 Å². The van der Waals surface area contributed by atoms with Crippen LogP contribution in [0, 0.1) is 12.8 Å². The van der Waals surface area contributed by atoms with Crippen molar-refractivity contribution < 1.29 is 8.42 Å². The van der Waals surface area contributed by atoms with Gasteiger partial charge in [-0.15, -0.1) is 0 Å². The van der Waals surface area contributed by atoms with Crippen LogP contribution in [-0.2, 0) is 10.0 Å². The van der Waals surface area contributed by atoms with E-state index < -0.39 is 10.0 Å². The maximum Gasteiger partial charge on any atom is 0.240 e. The van der Waals surface area contributed by atoms with Crippen molar-refractivity contribution in [2.24, 2.45) is 11.7 Å². The van der Waals surface area contributed by atoms with Crippen LogP contribution < -0.4 is 10.5 Å². The van der Waals surface area contributed by atoms with E-state index in [0.717, 1.165) is 24.8 Å². The summed E-state index contributed by atoms with van der Waals surface area (Å²) in [5.41, 5.74) is 6.59. The Kier molecular flexibility index (Phi) is 4.04. The smallest absolute Gasteiger partial charge is 0.240 e. The van der Waals surface area contributed by atoms with Gasteiger partial charge in [0.15, 0.2) is 0 Å². The van der Waals surface area contributed by atoms with Crippen LogP contribution in [0.3, 0.4) is 0 Å². The molecule has 1 fully saturated rings. The highest BCUT2D eigenvalue weighted by Gasteiger charge is 2.24. The van der Waals surface area contributed by atoms with Crippen LogP contribution in [-0.4, -0.2) is 21.0 Å². The quantitative estimate of drug-likeness (QED) is 0.867. The Morgan fingerprint density at radius 1 is 1.33 bits per heavy atom. The van der Waals surface area contributed by atoms with E-state index in [1.807, 2.05) is 6.07 Å². The SMILES string of the molecule is Cc1ccccc1S(=O)(=O)NCC1CCC(N)C1. The molecule has 0 radical (unpaired) electrons. The summed E-state index contributed by atoms with van der Waals surface area (Å²) < 4.78 is 27.0. The highest BCUT2D eigenvalue weighted by atomic mass is 32.2. The summed E-state index contributed by atoms with van der Waals surface area (Å²) in [6, 6.07) is 7.26. The molecule has 18 heavy (non-hydrogen) atoms. The molecule has 1 aromatic carbocycles. The van der Waals surface area contributed by atoms with Crippen molar-refractivity contribution >= 4 is 10.0 Å². The minimum atomic E-state index is -3.39. The number of nitrogens with one attached hydrogen (secondary N) is 1. The van der Waals surface area contributed by atoms with E-state index in [-0.39, 0.29) is 6.04 Å². The molecule has 1 aliphatic carbocycles. The number of aryl methyl sites for hydroxylation is 1. The Balaban J connectivity index is 2.02. The van der Waals surface area contributed by atoms with Crippen molar-refractivity contribution in [2.75, 3.05) is 6.54 Å². The van der Waals surface area contributed by atoms with E-state index in [2.05, 4.69) is 4.72 Å². The fourth-order valence-electron chi connectivity index (χ4n) is 2.46. The number of benzene rings is 1. The second-order valence-electron chi connectivity index (χ2n) is 5.06. The summed E-state index contributed by atoms with van der Waals surface area (Å²) in [4.78, 5) is 0.368. The summed E-state index contributed by atoms with van der Waals surface area (Å²) in [6.07, 6.45) is 2.92. The fraction of sp³-hybridized carbons (Fsp3) is 0.538. The first-order chi connectivity index (χ1) is 8.49. The van der Waals surface area contributed by atoms with Crippen molar-refractivity contribution in [3.05, 3.63) is 29.8 Å². The van der Waals surface area contributed by atoms with Crippen LogP contribution in [0.1, 0.15) is 24.8 Å². The van der Waals surface area contributed by atoms with Crippen LogP contribution in [0.15, 0.2) is 29.2 Å². The first-order valence-electron chi connectivity index (χ1n) is 6.30. The molecule has 5 heteroatoms. The second-order valence-corrected chi connectivity index (χ2v) is 6.79. The zero-order valence-electron chi connectivity index (χ0n) is 10.6. The predicted molar refractivity (Wildman–Crippen MR) is 71.7 cm³/mol. The van der Waals surface area contributed by atoms with Gasteiger partial charge in [-0.1, -0.05) is 18.2 Å². The summed E-state index contributed by atoms with van der Waals surface area (Å²) in [5, 5.41) is 0. The van der Waals surface area contributed by atoms with Gasteiger partial charge in [-0.05, 0) is 43.7 Å². The Morgan fingerprint density at radius 2 is 2.06 bits per heavy atom. The molecule has 0 bridgehead atoms. The normalized spacial score (nSPS) is 24.3. The van der Waals surface area contributed by atoms with E-state index in [4.69, 9.17) is 5.73 Å². The molecule has 0 heterocycles. The highest BCUT2D eigenvalue weighted by molar-refractivity contribution is 7.89. The molecule has 1 aromatic rings. The van der Waals surface area contributed by atoms with E-state index in [9.17, 15) is 8.42 Å². The topological polar surface area (TPSA) is 72.2 Å². The van der Waals surface area contributed by atoms with Crippen molar-refractivity contribution in [2.45, 2.75) is 37.1 Å². The Labute approximate surface area is 109 Å². The number of nitrogens with two attached hydrogens (primary N) is 1. The molecule has 0 aromatic heterocycles. The van der Waals surface area contributed by atoms with Gasteiger partial charge in [0.05, 0.1) is 4.90 Å². The van der Waals surface area contributed by atoms with Crippen LogP contribution >= 0.6 is 0 Å². The maximum absolute atomic E-state index is 12.1. The number of hydrogen-bond acceptors (Lipinski definition) is 3. The van der Waals surface area contributed by atoms with Gasteiger partial charge in [-0.3, -0.25) is 0 Å². The third kappa shape index (κ3) is 3.10.